The number of nitrogens with zero attached hydrogens (tertiary/aromatic N) is 3. The molecule has 7 aromatic rings. The van der Waals surface area contributed by atoms with Crippen molar-refractivity contribution in [3.63, 3.8) is 0 Å². The van der Waals surface area contributed by atoms with E-state index in [1.54, 1.807) is 0 Å². The monoisotopic (exact) mass is 812 g/mol. The van der Waals surface area contributed by atoms with Crippen LogP contribution in [0.25, 0.3) is 90.9 Å². The summed E-state index contributed by atoms with van der Waals surface area (Å²) < 4.78 is 0. The quantitative estimate of drug-likeness (QED) is 0.174. The van der Waals surface area contributed by atoms with Gasteiger partial charge in [-0.1, -0.05) is 91.0 Å². The van der Waals surface area contributed by atoms with Crippen LogP contribution in [0.5, 0.6) is 0 Å². The summed E-state index contributed by atoms with van der Waals surface area (Å²) >= 11 is 0. The molecular weight excluding hydrogens is 783 g/mol. The summed E-state index contributed by atoms with van der Waals surface area (Å²) in [5.41, 5.74) is 15.9. The first-order chi connectivity index (χ1) is 23.8. The first-order valence-corrected chi connectivity index (χ1v) is 16.0. The maximum absolute atomic E-state index is 5.34. The summed E-state index contributed by atoms with van der Waals surface area (Å²) in [5, 5.41) is 0. The first kappa shape index (κ1) is 30.5. The SMILES string of the molecule is C1=Cc2nc1c(-c1ccccc1)c1ccc([nH]1)c(-c1ccccc1)c1nc(c(-c3ccncc3)c3ccc([nH]3)c2-c2ccccc2)C=C1.[Au]. The van der Waals surface area contributed by atoms with Crippen LogP contribution in [-0.4, -0.2) is 24.9 Å². The van der Waals surface area contributed by atoms with Gasteiger partial charge in [-0.25, -0.2) is 9.97 Å². The van der Waals surface area contributed by atoms with Gasteiger partial charge in [0, 0.05) is 79.1 Å². The Morgan fingerprint density at radius 1 is 0.327 bits per heavy atom. The maximum atomic E-state index is 5.34. The number of nitrogens with one attached hydrogen (secondary N) is 2. The molecule has 0 atom stereocenters. The summed E-state index contributed by atoms with van der Waals surface area (Å²) in [7, 11) is 0. The summed E-state index contributed by atoms with van der Waals surface area (Å²) in [6.07, 6.45) is 12.1. The van der Waals surface area contributed by atoms with Crippen molar-refractivity contribution >= 4 is 46.4 Å². The fourth-order valence-electron chi connectivity index (χ4n) is 6.75. The van der Waals surface area contributed by atoms with Crippen LogP contribution in [-0.2, 0) is 22.4 Å². The molecule has 0 aliphatic carbocycles. The van der Waals surface area contributed by atoms with Crippen molar-refractivity contribution in [2.45, 2.75) is 0 Å². The van der Waals surface area contributed by atoms with Crippen LogP contribution >= 0.6 is 0 Å². The van der Waals surface area contributed by atoms with Crippen molar-refractivity contribution < 1.29 is 22.4 Å². The second-order valence-corrected chi connectivity index (χ2v) is 11.8. The number of benzene rings is 3. The Morgan fingerprint density at radius 2 is 0.612 bits per heavy atom. The Bertz CT molecular complexity index is 2180. The molecule has 0 saturated carbocycles. The van der Waals surface area contributed by atoms with E-state index in [-0.39, 0.29) is 22.4 Å². The molecule has 3 aromatic carbocycles. The van der Waals surface area contributed by atoms with Crippen LogP contribution in [0.4, 0.5) is 0 Å². The summed E-state index contributed by atoms with van der Waals surface area (Å²) in [6, 6.07) is 44.1. The van der Waals surface area contributed by atoms with E-state index in [0.29, 0.717) is 0 Å². The molecule has 9 rings (SSSR count). The molecule has 6 heteroatoms. The molecule has 0 spiro atoms. The summed E-state index contributed by atoms with van der Waals surface area (Å²) in [4.78, 5) is 22.5. The summed E-state index contributed by atoms with van der Waals surface area (Å²) in [6.45, 7) is 0. The van der Waals surface area contributed by atoms with E-state index < -0.39 is 0 Å². The van der Waals surface area contributed by atoms with Crippen LogP contribution < -0.4 is 0 Å². The van der Waals surface area contributed by atoms with Crippen molar-refractivity contribution in [3.8, 4) is 44.5 Å². The number of pyridine rings is 1. The van der Waals surface area contributed by atoms with Gasteiger partial charge in [0.25, 0.3) is 0 Å². The Kier molecular flexibility index (Phi) is 8.08. The van der Waals surface area contributed by atoms with Gasteiger partial charge in [-0.05, 0) is 83.0 Å². The van der Waals surface area contributed by atoms with Crippen molar-refractivity contribution in [1.82, 2.24) is 24.9 Å². The third kappa shape index (κ3) is 5.60. The maximum Gasteiger partial charge on any atom is 0.0737 e. The van der Waals surface area contributed by atoms with Gasteiger partial charge in [0.1, 0.15) is 0 Å². The van der Waals surface area contributed by atoms with Crippen LogP contribution in [0, 0.1) is 0 Å². The van der Waals surface area contributed by atoms with Gasteiger partial charge in [0.05, 0.1) is 22.8 Å². The fraction of sp³-hybridized carbons (Fsp3) is 0. The smallest absolute Gasteiger partial charge is 0.0737 e. The molecular formula is C43H29AuN5. The van der Waals surface area contributed by atoms with Gasteiger partial charge in [-0.15, -0.1) is 0 Å². The minimum atomic E-state index is 0. The molecule has 0 fully saturated rings. The van der Waals surface area contributed by atoms with Gasteiger partial charge in [-0.2, -0.15) is 0 Å². The van der Waals surface area contributed by atoms with Crippen molar-refractivity contribution in [3.05, 3.63) is 163 Å². The standard InChI is InChI=1S/C43H29N5.Au/c1-4-10-28(11-5-1)40-32-16-18-34(45-32)41(29-12-6-2-7-13-29)36-20-22-38(47-36)43(31-24-26-44-27-25-31)39-23-21-37(48-39)42(30-14-8-3-9-15-30)35-19-17-33(40)46-35;/h1-27,45,48H;. The average Bonchev–Trinajstić information content (AvgIpc) is 3.98. The molecule has 0 amide bonds. The molecule has 2 aliphatic heterocycles. The Labute approximate surface area is 299 Å². The molecule has 2 aliphatic rings. The Hall–Kier alpha value is -5.85. The molecule has 237 valence electrons. The van der Waals surface area contributed by atoms with E-state index >= 15 is 0 Å². The van der Waals surface area contributed by atoms with Gasteiger partial charge in [0.2, 0.25) is 0 Å². The fourth-order valence-corrected chi connectivity index (χ4v) is 6.75. The van der Waals surface area contributed by atoms with Gasteiger partial charge in [0.15, 0.2) is 0 Å². The predicted octanol–water partition coefficient (Wildman–Crippen LogP) is 10.7. The first-order valence-electron chi connectivity index (χ1n) is 16.0. The zero-order valence-corrected chi connectivity index (χ0v) is 28.4. The topological polar surface area (TPSA) is 70.2 Å². The zero-order valence-electron chi connectivity index (χ0n) is 26.2. The Morgan fingerprint density at radius 3 is 0.918 bits per heavy atom. The number of aromatic nitrogens is 5. The molecule has 8 bridgehead atoms. The van der Waals surface area contributed by atoms with E-state index in [0.717, 1.165) is 89.4 Å². The minimum Gasteiger partial charge on any atom is -0.354 e. The van der Waals surface area contributed by atoms with E-state index in [1.165, 1.54) is 0 Å². The molecule has 5 nitrogen and oxygen atoms in total. The molecule has 4 aromatic heterocycles. The van der Waals surface area contributed by atoms with Gasteiger partial charge in [-0.3, -0.25) is 4.98 Å². The van der Waals surface area contributed by atoms with E-state index in [1.807, 2.05) is 42.7 Å². The molecule has 1 radical (unpaired) electrons. The van der Waals surface area contributed by atoms with Gasteiger partial charge >= 0.3 is 0 Å². The molecule has 2 N–H and O–H groups in total. The molecule has 49 heavy (non-hydrogen) atoms. The number of fused-ring (bicyclic) bond motifs is 8. The van der Waals surface area contributed by atoms with Crippen LogP contribution in [0.3, 0.4) is 0 Å². The van der Waals surface area contributed by atoms with E-state index in [2.05, 4.69) is 136 Å². The van der Waals surface area contributed by atoms with E-state index in [4.69, 9.17) is 9.97 Å². The number of H-pyrrole nitrogens is 2. The number of hydrogen-bond acceptors (Lipinski definition) is 3. The average molecular weight is 813 g/mol. The van der Waals surface area contributed by atoms with Gasteiger partial charge < -0.3 is 9.97 Å². The number of rotatable bonds is 4. The van der Waals surface area contributed by atoms with E-state index in [9.17, 15) is 0 Å². The Balaban J connectivity index is 0.00000348. The normalized spacial score (nSPS) is 11.8. The van der Waals surface area contributed by atoms with Crippen molar-refractivity contribution in [1.29, 1.82) is 0 Å². The van der Waals surface area contributed by atoms with Crippen LogP contribution in [0.15, 0.2) is 140 Å². The minimum absolute atomic E-state index is 0. The van der Waals surface area contributed by atoms with Crippen LogP contribution in [0.1, 0.15) is 22.8 Å². The third-order valence-electron chi connectivity index (χ3n) is 8.91. The van der Waals surface area contributed by atoms with Crippen LogP contribution in [0.2, 0.25) is 0 Å². The molecule has 6 heterocycles. The third-order valence-corrected chi connectivity index (χ3v) is 8.91. The predicted molar refractivity (Wildman–Crippen MR) is 198 cm³/mol. The summed E-state index contributed by atoms with van der Waals surface area (Å²) in [5.74, 6) is 0. The number of hydrogen-bond donors (Lipinski definition) is 2. The van der Waals surface area contributed by atoms with Crippen molar-refractivity contribution in [2.75, 3.05) is 0 Å². The second-order valence-electron chi connectivity index (χ2n) is 11.8. The molecule has 0 saturated heterocycles. The van der Waals surface area contributed by atoms with Crippen molar-refractivity contribution in [2.24, 2.45) is 0 Å². The zero-order chi connectivity index (χ0) is 31.9. The molecule has 0 unspecified atom stereocenters. The largest absolute Gasteiger partial charge is 0.354 e. The second kappa shape index (κ2) is 13.0. The number of aromatic amines is 2.